The first-order valence-corrected chi connectivity index (χ1v) is 11.6. The molecule has 0 aromatic heterocycles. The zero-order chi connectivity index (χ0) is 25.6. The second kappa shape index (κ2) is 11.2. The summed E-state index contributed by atoms with van der Waals surface area (Å²) in [6.07, 6.45) is 1.76. The van der Waals surface area contributed by atoms with E-state index in [-0.39, 0.29) is 23.5 Å². The average Bonchev–Trinajstić information content (AvgIpc) is 2.79. The number of amides is 1. The van der Waals surface area contributed by atoms with Crippen LogP contribution in [-0.4, -0.2) is 55.7 Å². The zero-order valence-electron chi connectivity index (χ0n) is 21.1. The standard InChI is InChI=1S/C29H34N2O4/c1-20-15-21(13-14-24(20)28(33)34)16-23(27(32)30-18-29(2,3)19-31(4)5)17-35-26-12-8-10-22-9-6-7-11-25(22)26/h6-16H,17-19H2,1-5H3,(H,30,32)(H,33,34)/b23-16+. The number of carbonyl (C=O) groups excluding carboxylic acids is 1. The molecule has 6 nitrogen and oxygen atoms in total. The van der Waals surface area contributed by atoms with Gasteiger partial charge in [-0.3, -0.25) is 4.79 Å². The molecule has 0 radical (unpaired) electrons. The summed E-state index contributed by atoms with van der Waals surface area (Å²) < 4.78 is 6.13. The van der Waals surface area contributed by atoms with E-state index in [1.54, 1.807) is 31.2 Å². The van der Waals surface area contributed by atoms with Gasteiger partial charge in [-0.05, 0) is 61.2 Å². The number of rotatable bonds is 10. The van der Waals surface area contributed by atoms with Crippen molar-refractivity contribution in [3.63, 3.8) is 0 Å². The number of hydrogen-bond acceptors (Lipinski definition) is 4. The minimum absolute atomic E-state index is 0.0771. The molecule has 0 aliphatic heterocycles. The van der Waals surface area contributed by atoms with Crippen molar-refractivity contribution in [3.05, 3.63) is 82.9 Å². The normalized spacial score (nSPS) is 12.1. The Labute approximate surface area is 207 Å². The molecule has 0 aliphatic carbocycles. The van der Waals surface area contributed by atoms with E-state index in [9.17, 15) is 14.7 Å². The molecular formula is C29H34N2O4. The molecule has 0 saturated carbocycles. The quantitative estimate of drug-likeness (QED) is 0.404. The predicted octanol–water partition coefficient (Wildman–Crippen LogP) is 5.01. The van der Waals surface area contributed by atoms with Gasteiger partial charge in [0.2, 0.25) is 0 Å². The zero-order valence-corrected chi connectivity index (χ0v) is 21.1. The molecule has 3 aromatic rings. The van der Waals surface area contributed by atoms with Crippen LogP contribution in [0.1, 0.15) is 35.3 Å². The van der Waals surface area contributed by atoms with Gasteiger partial charge in [0, 0.05) is 18.5 Å². The fourth-order valence-corrected chi connectivity index (χ4v) is 4.21. The predicted molar refractivity (Wildman–Crippen MR) is 141 cm³/mol. The first-order valence-electron chi connectivity index (χ1n) is 11.6. The van der Waals surface area contributed by atoms with E-state index in [0.717, 1.165) is 22.9 Å². The molecule has 1 amide bonds. The summed E-state index contributed by atoms with van der Waals surface area (Å²) in [5.41, 5.74) is 1.96. The van der Waals surface area contributed by atoms with E-state index in [4.69, 9.17) is 4.74 Å². The number of carbonyl (C=O) groups is 2. The number of aromatic carboxylic acids is 1. The van der Waals surface area contributed by atoms with Crippen molar-refractivity contribution in [1.29, 1.82) is 0 Å². The van der Waals surface area contributed by atoms with Crippen LogP contribution in [0, 0.1) is 12.3 Å². The summed E-state index contributed by atoms with van der Waals surface area (Å²) in [6.45, 7) is 7.38. The lowest BCUT2D eigenvalue weighted by molar-refractivity contribution is -0.118. The van der Waals surface area contributed by atoms with Crippen molar-refractivity contribution in [2.45, 2.75) is 20.8 Å². The van der Waals surface area contributed by atoms with Crippen LogP contribution >= 0.6 is 0 Å². The summed E-state index contributed by atoms with van der Waals surface area (Å²) in [4.78, 5) is 26.7. The third kappa shape index (κ3) is 7.17. The number of carboxylic acids is 1. The van der Waals surface area contributed by atoms with Gasteiger partial charge in [0.05, 0.1) is 11.1 Å². The Bertz CT molecular complexity index is 1240. The van der Waals surface area contributed by atoms with Crippen LogP contribution in [0.2, 0.25) is 0 Å². The monoisotopic (exact) mass is 474 g/mol. The third-order valence-electron chi connectivity index (χ3n) is 5.72. The van der Waals surface area contributed by atoms with E-state index in [1.807, 2.05) is 56.6 Å². The molecule has 3 aromatic carbocycles. The molecule has 0 bridgehead atoms. The Morgan fingerprint density at radius 2 is 1.77 bits per heavy atom. The number of nitrogens with one attached hydrogen (secondary N) is 1. The smallest absolute Gasteiger partial charge is 0.335 e. The molecule has 0 fully saturated rings. The van der Waals surface area contributed by atoms with E-state index in [1.165, 1.54) is 0 Å². The first kappa shape index (κ1) is 26.0. The minimum atomic E-state index is -0.974. The number of carboxylic acid groups (broad SMARTS) is 1. The molecular weight excluding hydrogens is 440 g/mol. The molecule has 2 N–H and O–H groups in total. The highest BCUT2D eigenvalue weighted by atomic mass is 16.5. The summed E-state index contributed by atoms with van der Waals surface area (Å²) in [6, 6.07) is 18.8. The summed E-state index contributed by atoms with van der Waals surface area (Å²) in [5, 5.41) is 14.4. The number of ether oxygens (including phenoxy) is 1. The van der Waals surface area contributed by atoms with Crippen LogP contribution in [0.3, 0.4) is 0 Å². The highest BCUT2D eigenvalue weighted by Gasteiger charge is 2.21. The number of fused-ring (bicyclic) bond motifs is 1. The van der Waals surface area contributed by atoms with Crippen molar-refractivity contribution >= 4 is 28.7 Å². The Morgan fingerprint density at radius 1 is 1.06 bits per heavy atom. The van der Waals surface area contributed by atoms with Crippen LogP contribution in [-0.2, 0) is 4.79 Å². The Morgan fingerprint density at radius 3 is 2.46 bits per heavy atom. The second-order valence-electron chi connectivity index (χ2n) is 9.90. The molecule has 0 spiro atoms. The van der Waals surface area contributed by atoms with Crippen LogP contribution < -0.4 is 10.1 Å². The van der Waals surface area contributed by atoms with Gasteiger partial charge < -0.3 is 20.1 Å². The van der Waals surface area contributed by atoms with Gasteiger partial charge in [0.25, 0.3) is 5.91 Å². The topological polar surface area (TPSA) is 78.9 Å². The molecule has 184 valence electrons. The highest BCUT2D eigenvalue weighted by Crippen LogP contribution is 2.26. The molecule has 0 aliphatic rings. The molecule has 0 saturated heterocycles. The fourth-order valence-electron chi connectivity index (χ4n) is 4.21. The molecule has 3 rings (SSSR count). The van der Waals surface area contributed by atoms with E-state index >= 15 is 0 Å². The Kier molecular flexibility index (Phi) is 8.30. The van der Waals surface area contributed by atoms with Gasteiger partial charge in [0.15, 0.2) is 0 Å². The van der Waals surface area contributed by atoms with Crippen molar-refractivity contribution in [3.8, 4) is 5.75 Å². The van der Waals surface area contributed by atoms with Crippen LogP contribution in [0.15, 0.2) is 66.2 Å². The minimum Gasteiger partial charge on any atom is -0.488 e. The number of aryl methyl sites for hydroxylation is 1. The van der Waals surface area contributed by atoms with E-state index in [0.29, 0.717) is 23.4 Å². The number of benzene rings is 3. The molecule has 35 heavy (non-hydrogen) atoms. The van der Waals surface area contributed by atoms with Gasteiger partial charge in [0.1, 0.15) is 12.4 Å². The fraction of sp³-hybridized carbons (Fsp3) is 0.310. The lowest BCUT2D eigenvalue weighted by Gasteiger charge is -2.28. The number of nitrogens with zero attached hydrogens (tertiary/aromatic N) is 1. The van der Waals surface area contributed by atoms with E-state index < -0.39 is 5.97 Å². The van der Waals surface area contributed by atoms with Crippen molar-refractivity contribution in [1.82, 2.24) is 10.2 Å². The lowest BCUT2D eigenvalue weighted by Crippen LogP contribution is -2.40. The Hall–Kier alpha value is -3.64. The highest BCUT2D eigenvalue weighted by molar-refractivity contribution is 5.98. The maximum absolute atomic E-state index is 13.3. The van der Waals surface area contributed by atoms with Crippen molar-refractivity contribution in [2.75, 3.05) is 33.8 Å². The summed E-state index contributed by atoms with van der Waals surface area (Å²) in [7, 11) is 4.02. The summed E-state index contributed by atoms with van der Waals surface area (Å²) >= 11 is 0. The van der Waals surface area contributed by atoms with Gasteiger partial charge in [-0.1, -0.05) is 62.4 Å². The SMILES string of the molecule is Cc1cc(/C=C(\COc2cccc3ccccc23)C(=O)NCC(C)(C)CN(C)C)ccc1C(=O)O. The van der Waals surface area contributed by atoms with Crippen LogP contribution in [0.4, 0.5) is 0 Å². The molecule has 0 unspecified atom stereocenters. The number of hydrogen-bond donors (Lipinski definition) is 2. The van der Waals surface area contributed by atoms with Gasteiger partial charge >= 0.3 is 5.97 Å². The van der Waals surface area contributed by atoms with Gasteiger partial charge in [-0.25, -0.2) is 4.79 Å². The second-order valence-corrected chi connectivity index (χ2v) is 9.90. The summed E-state index contributed by atoms with van der Waals surface area (Å²) in [5.74, 6) is -0.484. The largest absolute Gasteiger partial charge is 0.488 e. The first-order chi connectivity index (χ1) is 16.6. The van der Waals surface area contributed by atoms with E-state index in [2.05, 4.69) is 24.1 Å². The molecule has 0 heterocycles. The third-order valence-corrected chi connectivity index (χ3v) is 5.72. The lowest BCUT2D eigenvalue weighted by atomic mass is 9.93. The van der Waals surface area contributed by atoms with Crippen LogP contribution in [0.5, 0.6) is 5.75 Å². The maximum Gasteiger partial charge on any atom is 0.335 e. The van der Waals surface area contributed by atoms with Crippen molar-refractivity contribution in [2.24, 2.45) is 5.41 Å². The van der Waals surface area contributed by atoms with Gasteiger partial charge in [-0.2, -0.15) is 0 Å². The molecule has 6 heteroatoms. The molecule has 0 atom stereocenters. The maximum atomic E-state index is 13.3. The Balaban J connectivity index is 1.87. The van der Waals surface area contributed by atoms with Gasteiger partial charge in [-0.15, -0.1) is 0 Å². The van der Waals surface area contributed by atoms with Crippen molar-refractivity contribution < 1.29 is 19.4 Å². The average molecular weight is 475 g/mol. The van der Waals surface area contributed by atoms with Crippen LogP contribution in [0.25, 0.3) is 16.8 Å².